The second kappa shape index (κ2) is 15.5. The van der Waals surface area contributed by atoms with Crippen molar-refractivity contribution in [1.29, 1.82) is 0 Å². The molecular formula is C41H49N5O12. The summed E-state index contributed by atoms with van der Waals surface area (Å²) in [6, 6.07) is 3.03. The Morgan fingerprint density at radius 2 is 1.90 bits per heavy atom. The molecule has 17 nitrogen and oxygen atoms in total. The summed E-state index contributed by atoms with van der Waals surface area (Å²) in [5.74, 6) is 0.928. The molecule has 7 heterocycles. The van der Waals surface area contributed by atoms with Crippen molar-refractivity contribution in [3.8, 4) is 5.75 Å². The molecular weight excluding hydrogens is 754 g/mol. The number of rotatable bonds is 15. The number of anilines is 1. The molecule has 8 rings (SSSR count). The first-order valence-corrected chi connectivity index (χ1v) is 19.6. The third kappa shape index (κ3) is 6.98. The number of carbonyl (C=O) groups is 1. The van der Waals surface area contributed by atoms with Gasteiger partial charge < -0.3 is 54.9 Å². The standard InChI is InChI=1S/C41H49N5O12/c1-4-28-24-6-9-43-27(24)17-45(28)36-37-23(13-25-30(48)11-21(2)56-38(25)36)14-33(40(3,57-37)8-5-22-12-34(51)44-16-22)58-55-19-32(50)41(54,39(53)31(49)18-47)20-46-29-7-10-42-26(29)15-35(46)52/h6-7,9-11,13,15,17,22,28,31-33,35,39,47,49-50,52-54H,4-5,8,12,14,16,18-20H2,1-3H3,(H,44,51). The van der Waals surface area contributed by atoms with E-state index in [1.54, 1.807) is 25.3 Å². The number of aliphatic hydroxyl groups is 6. The van der Waals surface area contributed by atoms with Gasteiger partial charge in [0.2, 0.25) is 5.91 Å². The van der Waals surface area contributed by atoms with Crippen LogP contribution in [-0.2, 0) is 21.0 Å². The van der Waals surface area contributed by atoms with Crippen molar-refractivity contribution in [2.45, 2.75) is 101 Å². The Balaban J connectivity index is 1.11. The Morgan fingerprint density at radius 3 is 2.64 bits per heavy atom. The highest BCUT2D eigenvalue weighted by atomic mass is 17.2. The number of benzene rings is 1. The van der Waals surface area contributed by atoms with Gasteiger partial charge in [-0.25, -0.2) is 9.78 Å². The van der Waals surface area contributed by atoms with Crippen molar-refractivity contribution >= 4 is 35.0 Å². The molecule has 0 saturated carbocycles. The van der Waals surface area contributed by atoms with E-state index in [2.05, 4.69) is 22.2 Å². The molecule has 0 bridgehead atoms. The minimum atomic E-state index is -2.57. The van der Waals surface area contributed by atoms with E-state index in [4.69, 9.17) is 18.9 Å². The quantitative estimate of drug-likeness (QED) is 0.0973. The van der Waals surface area contributed by atoms with E-state index < -0.39 is 61.6 Å². The van der Waals surface area contributed by atoms with E-state index in [-0.39, 0.29) is 29.7 Å². The van der Waals surface area contributed by atoms with Crippen LogP contribution in [-0.4, -0.2) is 128 Å². The molecule has 1 fully saturated rings. The number of hydrogen-bond acceptors (Lipinski definition) is 16. The number of ether oxygens (including phenoxy) is 1. The smallest absolute Gasteiger partial charge is 0.220 e. The molecule has 1 aromatic heterocycles. The molecule has 6 aliphatic rings. The molecule has 0 aliphatic carbocycles. The van der Waals surface area contributed by atoms with Crippen LogP contribution in [0.25, 0.3) is 11.0 Å². The zero-order chi connectivity index (χ0) is 41.1. The summed E-state index contributed by atoms with van der Waals surface area (Å²) in [6.07, 6.45) is 4.37. The topological polar surface area (TPSA) is 240 Å². The Bertz CT molecular complexity index is 2230. The first-order chi connectivity index (χ1) is 27.7. The van der Waals surface area contributed by atoms with Crippen molar-refractivity contribution < 1.29 is 54.4 Å². The van der Waals surface area contributed by atoms with Crippen LogP contribution >= 0.6 is 0 Å². The number of nitrogens with one attached hydrogen (secondary N) is 1. The van der Waals surface area contributed by atoms with E-state index in [1.807, 2.05) is 24.1 Å². The monoisotopic (exact) mass is 803 g/mol. The highest BCUT2D eigenvalue weighted by molar-refractivity contribution is 5.96. The Hall–Kier alpha value is -4.72. The number of β-amino-alcohol motifs (C(OH)–C–C–N with tert-alkyl or cyclic N) is 1. The SMILES string of the molecule is CCC1C2=CC=NC2=CN1c1c2c(cc3c(=O)cc(C)oc13)CC(OOCC(O)C(O)(CN1C3=CC=NC3=CC1O)C(O)C(O)CO)C(C)(CCC1CNC(=O)C1)O2. The molecule has 7 N–H and O–H groups in total. The predicted molar refractivity (Wildman–Crippen MR) is 210 cm³/mol. The lowest BCUT2D eigenvalue weighted by molar-refractivity contribution is -0.365. The normalized spacial score (nSPS) is 28.3. The highest BCUT2D eigenvalue weighted by Gasteiger charge is 2.51. The van der Waals surface area contributed by atoms with Gasteiger partial charge in [-0.2, -0.15) is 0 Å². The third-order valence-electron chi connectivity index (χ3n) is 12.2. The van der Waals surface area contributed by atoms with Crippen molar-refractivity contribution in [2.24, 2.45) is 15.9 Å². The van der Waals surface area contributed by atoms with Gasteiger partial charge in [-0.05, 0) is 63.3 Å². The number of nitrogens with zero attached hydrogens (tertiary/aromatic N) is 4. The minimum Gasteiger partial charge on any atom is -0.482 e. The van der Waals surface area contributed by atoms with Gasteiger partial charge >= 0.3 is 0 Å². The molecule has 6 aliphatic heterocycles. The molecule has 0 spiro atoms. The molecule has 1 saturated heterocycles. The second-order valence-corrected chi connectivity index (χ2v) is 16.1. The fraction of sp³-hybridized carbons (Fsp3) is 0.512. The van der Waals surface area contributed by atoms with Gasteiger partial charge in [0.15, 0.2) is 16.8 Å². The van der Waals surface area contributed by atoms with Gasteiger partial charge in [0.05, 0.1) is 41.7 Å². The van der Waals surface area contributed by atoms with Crippen molar-refractivity contribution in [3.05, 3.63) is 80.8 Å². The molecule has 17 heteroatoms. The van der Waals surface area contributed by atoms with E-state index >= 15 is 0 Å². The van der Waals surface area contributed by atoms with Gasteiger partial charge in [0, 0.05) is 55.2 Å². The molecule has 9 unspecified atom stereocenters. The number of aliphatic imine (C=N–C) groups is 2. The summed E-state index contributed by atoms with van der Waals surface area (Å²) in [4.78, 5) is 49.5. The van der Waals surface area contributed by atoms with Crippen LogP contribution in [0.1, 0.15) is 50.9 Å². The predicted octanol–water partition coefficient (Wildman–Crippen LogP) is 0.771. The highest BCUT2D eigenvalue weighted by Crippen LogP contribution is 2.50. The molecule has 310 valence electrons. The summed E-state index contributed by atoms with van der Waals surface area (Å²) in [5, 5.41) is 68.4. The molecule has 0 radical (unpaired) electrons. The Morgan fingerprint density at radius 1 is 1.12 bits per heavy atom. The summed E-state index contributed by atoms with van der Waals surface area (Å²) < 4.78 is 13.4. The second-order valence-electron chi connectivity index (χ2n) is 16.1. The zero-order valence-corrected chi connectivity index (χ0v) is 32.4. The summed E-state index contributed by atoms with van der Waals surface area (Å²) >= 11 is 0. The number of hydrogen-bond donors (Lipinski definition) is 7. The van der Waals surface area contributed by atoms with Gasteiger partial charge in [-0.1, -0.05) is 6.92 Å². The lowest BCUT2D eigenvalue weighted by Crippen LogP contribution is -2.64. The van der Waals surface area contributed by atoms with E-state index in [9.17, 15) is 40.2 Å². The number of allylic oxidation sites excluding steroid dienone is 2. The lowest BCUT2D eigenvalue weighted by Gasteiger charge is -2.44. The fourth-order valence-corrected chi connectivity index (χ4v) is 8.80. The fourth-order valence-electron chi connectivity index (χ4n) is 8.80. The van der Waals surface area contributed by atoms with E-state index in [0.29, 0.717) is 77.4 Å². The first-order valence-electron chi connectivity index (χ1n) is 19.6. The minimum absolute atomic E-state index is 0.0317. The maximum atomic E-state index is 13.6. The van der Waals surface area contributed by atoms with Crippen molar-refractivity contribution in [1.82, 2.24) is 10.2 Å². The molecule has 1 amide bonds. The van der Waals surface area contributed by atoms with Gasteiger partial charge in [-0.15, -0.1) is 0 Å². The summed E-state index contributed by atoms with van der Waals surface area (Å²) in [7, 11) is 0. The first kappa shape index (κ1) is 40.1. The molecule has 9 atom stereocenters. The summed E-state index contributed by atoms with van der Waals surface area (Å²) in [6.45, 7) is 3.90. The van der Waals surface area contributed by atoms with E-state index in [0.717, 1.165) is 11.3 Å². The van der Waals surface area contributed by atoms with Crippen LogP contribution in [0.4, 0.5) is 5.69 Å². The maximum absolute atomic E-state index is 13.6. The van der Waals surface area contributed by atoms with Crippen LogP contribution in [0, 0.1) is 12.8 Å². The van der Waals surface area contributed by atoms with E-state index in [1.165, 1.54) is 23.3 Å². The van der Waals surface area contributed by atoms with Crippen LogP contribution in [0.2, 0.25) is 0 Å². The van der Waals surface area contributed by atoms with Crippen LogP contribution in [0.3, 0.4) is 0 Å². The molecule has 2 aromatic rings. The Kier molecular flexibility index (Phi) is 10.7. The van der Waals surface area contributed by atoms with Crippen LogP contribution in [0.15, 0.2) is 78.4 Å². The average Bonchev–Trinajstić information content (AvgIpc) is 4.03. The molecule has 58 heavy (non-hydrogen) atoms. The zero-order valence-electron chi connectivity index (χ0n) is 32.4. The van der Waals surface area contributed by atoms with Crippen LogP contribution < -0.4 is 20.4 Å². The largest absolute Gasteiger partial charge is 0.482 e. The van der Waals surface area contributed by atoms with Gasteiger partial charge in [0.25, 0.3) is 0 Å². The number of fused-ring (bicyclic) bond motifs is 4. The third-order valence-corrected chi connectivity index (χ3v) is 12.2. The number of aliphatic hydroxyl groups excluding tert-OH is 5. The number of aryl methyl sites for hydroxylation is 1. The van der Waals surface area contributed by atoms with Gasteiger partial charge in [-0.3, -0.25) is 19.6 Å². The number of amides is 1. The van der Waals surface area contributed by atoms with Crippen LogP contribution in [0.5, 0.6) is 5.75 Å². The van der Waals surface area contributed by atoms with Gasteiger partial charge in [0.1, 0.15) is 59.9 Å². The van der Waals surface area contributed by atoms with Crippen molar-refractivity contribution in [3.63, 3.8) is 0 Å². The number of carbonyl (C=O) groups excluding carboxylic acids is 1. The summed E-state index contributed by atoms with van der Waals surface area (Å²) in [5.41, 5.74) is 0.321. The average molecular weight is 804 g/mol. The lowest BCUT2D eigenvalue weighted by atomic mass is 9.83. The Labute approximate surface area is 333 Å². The molecule has 1 aromatic carbocycles. The van der Waals surface area contributed by atoms with Crippen molar-refractivity contribution in [2.75, 3.05) is 31.2 Å². The maximum Gasteiger partial charge on any atom is 0.220 e.